The second kappa shape index (κ2) is 7.25. The maximum Gasteiger partial charge on any atom is 0.251 e. The number of amides is 2. The molecule has 26 heavy (non-hydrogen) atoms. The second-order valence-electron chi connectivity index (χ2n) is 6.38. The lowest BCUT2D eigenvalue weighted by atomic mass is 10.1. The van der Waals surface area contributed by atoms with Crippen LogP contribution in [-0.2, 0) is 17.9 Å². The van der Waals surface area contributed by atoms with Crippen LogP contribution < -0.4 is 5.32 Å². The van der Waals surface area contributed by atoms with Crippen LogP contribution in [0.4, 0.5) is 0 Å². The van der Waals surface area contributed by atoms with E-state index < -0.39 is 0 Å². The maximum atomic E-state index is 12.5. The average Bonchev–Trinajstić information content (AvgIpc) is 3.26. The Hall–Kier alpha value is -2.73. The molecule has 0 atom stereocenters. The van der Waals surface area contributed by atoms with Crippen molar-refractivity contribution in [2.45, 2.75) is 25.9 Å². The number of likely N-dealkylation sites (tertiary alicyclic amines) is 1. The summed E-state index contributed by atoms with van der Waals surface area (Å²) in [7, 11) is 0. The first-order chi connectivity index (χ1) is 12.7. The van der Waals surface area contributed by atoms with Crippen molar-refractivity contribution < 1.29 is 9.59 Å². The van der Waals surface area contributed by atoms with Crippen molar-refractivity contribution >= 4 is 33.4 Å². The van der Waals surface area contributed by atoms with Gasteiger partial charge in [-0.2, -0.15) is 0 Å². The molecule has 5 nitrogen and oxygen atoms in total. The molecule has 0 unspecified atom stereocenters. The highest BCUT2D eigenvalue weighted by Crippen LogP contribution is 2.21. The van der Waals surface area contributed by atoms with Gasteiger partial charge in [0.15, 0.2) is 0 Å². The molecule has 132 valence electrons. The number of benzene rings is 2. The molecule has 1 saturated heterocycles. The number of aromatic nitrogens is 1. The predicted octanol–water partition coefficient (Wildman–Crippen LogP) is 3.35. The summed E-state index contributed by atoms with van der Waals surface area (Å²) in [5.74, 6) is 0.0644. The van der Waals surface area contributed by atoms with Crippen LogP contribution in [0.1, 0.15) is 33.8 Å². The largest absolute Gasteiger partial charge is 0.346 e. The Morgan fingerprint density at radius 1 is 1.19 bits per heavy atom. The van der Waals surface area contributed by atoms with E-state index in [4.69, 9.17) is 0 Å². The van der Waals surface area contributed by atoms with Gasteiger partial charge in [-0.05, 0) is 36.2 Å². The fourth-order valence-electron chi connectivity index (χ4n) is 3.16. The topological polar surface area (TPSA) is 62.3 Å². The molecule has 0 aliphatic carbocycles. The second-order valence-corrected chi connectivity index (χ2v) is 7.49. The summed E-state index contributed by atoms with van der Waals surface area (Å²) >= 11 is 1.59. The molecule has 1 fully saturated rings. The van der Waals surface area contributed by atoms with Gasteiger partial charge >= 0.3 is 0 Å². The monoisotopic (exact) mass is 365 g/mol. The molecule has 3 aromatic rings. The minimum absolute atomic E-state index is 0.126. The Balaban J connectivity index is 1.41. The molecule has 2 aromatic carbocycles. The first-order valence-electron chi connectivity index (χ1n) is 8.68. The van der Waals surface area contributed by atoms with E-state index in [1.807, 2.05) is 47.4 Å². The van der Waals surface area contributed by atoms with Gasteiger partial charge in [-0.25, -0.2) is 4.98 Å². The van der Waals surface area contributed by atoms with Gasteiger partial charge in [0.25, 0.3) is 5.91 Å². The van der Waals surface area contributed by atoms with E-state index in [2.05, 4.69) is 10.3 Å². The Labute approximate surface area is 155 Å². The molecular weight excluding hydrogens is 346 g/mol. The van der Waals surface area contributed by atoms with Crippen molar-refractivity contribution in [2.24, 2.45) is 0 Å². The Morgan fingerprint density at radius 3 is 2.88 bits per heavy atom. The number of hydrogen-bond acceptors (Lipinski definition) is 4. The van der Waals surface area contributed by atoms with E-state index >= 15 is 0 Å². The third kappa shape index (κ3) is 3.60. The van der Waals surface area contributed by atoms with Crippen LogP contribution in [0.15, 0.2) is 48.5 Å². The van der Waals surface area contributed by atoms with Crippen molar-refractivity contribution in [3.8, 4) is 0 Å². The molecule has 2 heterocycles. The van der Waals surface area contributed by atoms with Gasteiger partial charge in [0.1, 0.15) is 5.01 Å². The third-order valence-corrected chi connectivity index (χ3v) is 5.51. The van der Waals surface area contributed by atoms with E-state index in [0.717, 1.165) is 33.8 Å². The van der Waals surface area contributed by atoms with Crippen LogP contribution in [0, 0.1) is 0 Å². The first-order valence-corrected chi connectivity index (χ1v) is 9.50. The molecule has 4 rings (SSSR count). The molecule has 0 radical (unpaired) electrons. The fourth-order valence-corrected chi connectivity index (χ4v) is 4.06. The van der Waals surface area contributed by atoms with Crippen LogP contribution in [0.5, 0.6) is 0 Å². The van der Waals surface area contributed by atoms with Gasteiger partial charge in [-0.1, -0.05) is 24.3 Å². The van der Waals surface area contributed by atoms with Gasteiger partial charge < -0.3 is 10.2 Å². The number of thiazole rings is 1. The molecule has 1 N–H and O–H groups in total. The number of carbonyl (C=O) groups is 2. The lowest BCUT2D eigenvalue weighted by molar-refractivity contribution is -0.128. The number of nitrogens with one attached hydrogen (secondary N) is 1. The smallest absolute Gasteiger partial charge is 0.251 e. The van der Waals surface area contributed by atoms with E-state index in [1.165, 1.54) is 0 Å². The van der Waals surface area contributed by atoms with Gasteiger partial charge in [0.2, 0.25) is 5.91 Å². The van der Waals surface area contributed by atoms with Crippen LogP contribution >= 0.6 is 11.3 Å². The van der Waals surface area contributed by atoms with E-state index in [1.54, 1.807) is 17.4 Å². The lowest BCUT2D eigenvalue weighted by Crippen LogP contribution is -2.25. The van der Waals surface area contributed by atoms with Gasteiger partial charge in [0, 0.05) is 25.1 Å². The Bertz CT molecular complexity index is 933. The first kappa shape index (κ1) is 16.7. The van der Waals surface area contributed by atoms with Gasteiger partial charge in [-0.3, -0.25) is 9.59 Å². The summed E-state index contributed by atoms with van der Waals surface area (Å²) in [5, 5.41) is 3.82. The normalized spacial score (nSPS) is 14.2. The molecule has 1 aliphatic heterocycles. The third-order valence-electron chi connectivity index (χ3n) is 4.47. The van der Waals surface area contributed by atoms with Crippen molar-refractivity contribution in [3.63, 3.8) is 0 Å². The number of hydrogen-bond donors (Lipinski definition) is 1. The Kier molecular flexibility index (Phi) is 4.67. The minimum atomic E-state index is -0.126. The Morgan fingerprint density at radius 2 is 2.08 bits per heavy atom. The zero-order valence-electron chi connectivity index (χ0n) is 14.3. The standard InChI is InChI=1S/C20H19N3O2S/c24-19-9-4-10-23(19)13-14-5-3-6-15(11-14)20(25)21-12-18-22-16-7-1-2-8-17(16)26-18/h1-3,5-8,11H,4,9-10,12-13H2,(H,21,25). The zero-order valence-corrected chi connectivity index (χ0v) is 15.1. The van der Waals surface area contributed by atoms with Crippen LogP contribution in [0.25, 0.3) is 10.2 Å². The van der Waals surface area contributed by atoms with E-state index in [0.29, 0.717) is 25.1 Å². The number of rotatable bonds is 5. The highest BCUT2D eigenvalue weighted by molar-refractivity contribution is 7.18. The predicted molar refractivity (Wildman–Crippen MR) is 102 cm³/mol. The molecule has 2 amide bonds. The average molecular weight is 365 g/mol. The summed E-state index contributed by atoms with van der Waals surface area (Å²) in [4.78, 5) is 30.6. The van der Waals surface area contributed by atoms with Gasteiger partial charge in [-0.15, -0.1) is 11.3 Å². The van der Waals surface area contributed by atoms with Crippen LogP contribution in [0.3, 0.4) is 0 Å². The van der Waals surface area contributed by atoms with Crippen molar-refractivity contribution in [3.05, 3.63) is 64.7 Å². The van der Waals surface area contributed by atoms with Crippen molar-refractivity contribution in [1.29, 1.82) is 0 Å². The fraction of sp³-hybridized carbons (Fsp3) is 0.250. The molecule has 0 spiro atoms. The van der Waals surface area contributed by atoms with Crippen LogP contribution in [0.2, 0.25) is 0 Å². The van der Waals surface area contributed by atoms with Crippen molar-refractivity contribution in [2.75, 3.05) is 6.54 Å². The quantitative estimate of drug-likeness (QED) is 0.754. The summed E-state index contributed by atoms with van der Waals surface area (Å²) < 4.78 is 1.12. The highest BCUT2D eigenvalue weighted by Gasteiger charge is 2.20. The summed E-state index contributed by atoms with van der Waals surface area (Å²) in [6.45, 7) is 1.78. The summed E-state index contributed by atoms with van der Waals surface area (Å²) in [6.07, 6.45) is 1.55. The van der Waals surface area contributed by atoms with E-state index in [9.17, 15) is 9.59 Å². The minimum Gasteiger partial charge on any atom is -0.346 e. The summed E-state index contributed by atoms with van der Waals surface area (Å²) in [5.41, 5.74) is 2.54. The molecular formula is C20H19N3O2S. The number of para-hydroxylation sites is 1. The van der Waals surface area contributed by atoms with Crippen LogP contribution in [-0.4, -0.2) is 28.2 Å². The zero-order chi connectivity index (χ0) is 17.9. The molecule has 1 aromatic heterocycles. The molecule has 1 aliphatic rings. The summed E-state index contributed by atoms with van der Waals surface area (Å²) in [6, 6.07) is 15.4. The number of fused-ring (bicyclic) bond motifs is 1. The number of carbonyl (C=O) groups excluding carboxylic acids is 2. The van der Waals surface area contributed by atoms with E-state index in [-0.39, 0.29) is 11.8 Å². The van der Waals surface area contributed by atoms with Gasteiger partial charge in [0.05, 0.1) is 16.8 Å². The molecule has 0 bridgehead atoms. The van der Waals surface area contributed by atoms with Crippen molar-refractivity contribution in [1.82, 2.24) is 15.2 Å². The SMILES string of the molecule is O=C(NCc1nc2ccccc2s1)c1cccc(CN2CCCC2=O)c1. The number of nitrogens with zero attached hydrogens (tertiary/aromatic N) is 2. The molecule has 0 saturated carbocycles. The lowest BCUT2D eigenvalue weighted by Gasteiger charge is -2.15. The molecule has 6 heteroatoms. The highest BCUT2D eigenvalue weighted by atomic mass is 32.1. The maximum absolute atomic E-state index is 12.5.